The fourth-order valence-corrected chi connectivity index (χ4v) is 2.67. The Kier molecular flexibility index (Phi) is 4.15. The van der Waals surface area contributed by atoms with Gasteiger partial charge in [0, 0.05) is 21.2 Å². The monoisotopic (exact) mass is 350 g/mol. The Hall–Kier alpha value is -1.08. The van der Waals surface area contributed by atoms with Crippen LogP contribution in [0.25, 0.3) is 0 Å². The second kappa shape index (κ2) is 5.50. The molecule has 0 radical (unpaired) electrons. The molecule has 0 bridgehead atoms. The number of alkyl halides is 3. The quantitative estimate of drug-likeness (QED) is 0.856. The number of rotatable bonds is 3. The van der Waals surface area contributed by atoms with E-state index in [1.165, 1.54) is 23.5 Å². The van der Waals surface area contributed by atoms with Gasteiger partial charge in [0.2, 0.25) is 0 Å². The van der Waals surface area contributed by atoms with Crippen molar-refractivity contribution in [2.75, 3.05) is 5.32 Å². The van der Waals surface area contributed by atoms with Gasteiger partial charge in [0.25, 0.3) is 0 Å². The van der Waals surface area contributed by atoms with Gasteiger partial charge in [-0.25, -0.2) is 4.98 Å². The average molecular weight is 351 g/mol. The summed E-state index contributed by atoms with van der Waals surface area (Å²) in [5.74, 6) is 0. The van der Waals surface area contributed by atoms with Gasteiger partial charge in [0.05, 0.1) is 17.1 Å². The van der Waals surface area contributed by atoms with Crippen molar-refractivity contribution in [3.63, 3.8) is 0 Å². The molecular weight excluding hydrogens is 341 g/mol. The summed E-state index contributed by atoms with van der Waals surface area (Å²) in [5.41, 5.74) is -0.607. The molecule has 2 rings (SSSR count). The second-order valence-electron chi connectivity index (χ2n) is 3.89. The molecule has 1 aromatic carbocycles. The fourth-order valence-electron chi connectivity index (χ4n) is 1.58. The molecule has 0 atom stereocenters. The van der Waals surface area contributed by atoms with Gasteiger partial charge in [0.1, 0.15) is 0 Å². The van der Waals surface area contributed by atoms with E-state index in [1.54, 1.807) is 6.20 Å². The number of anilines is 1. The smallest absolute Gasteiger partial charge is 0.380 e. The highest BCUT2D eigenvalue weighted by Crippen LogP contribution is 2.36. The van der Waals surface area contributed by atoms with Crippen LogP contribution in [0.5, 0.6) is 0 Å². The van der Waals surface area contributed by atoms with Crippen LogP contribution in [-0.4, -0.2) is 4.98 Å². The Morgan fingerprint density at radius 2 is 2.11 bits per heavy atom. The molecule has 0 amide bonds. The lowest BCUT2D eigenvalue weighted by Crippen LogP contribution is -2.10. The summed E-state index contributed by atoms with van der Waals surface area (Å²) >= 11 is 4.63. The molecule has 1 N–H and O–H groups in total. The van der Waals surface area contributed by atoms with E-state index in [4.69, 9.17) is 0 Å². The summed E-state index contributed by atoms with van der Waals surface area (Å²) < 4.78 is 39.1. The molecule has 0 fully saturated rings. The van der Waals surface area contributed by atoms with Crippen LogP contribution in [0.1, 0.15) is 15.4 Å². The van der Waals surface area contributed by atoms with Crippen LogP contribution in [0.4, 0.5) is 18.9 Å². The molecule has 19 heavy (non-hydrogen) atoms. The molecule has 0 unspecified atom stereocenters. The van der Waals surface area contributed by atoms with Crippen molar-refractivity contribution in [2.45, 2.75) is 19.6 Å². The van der Waals surface area contributed by atoms with Crippen LogP contribution in [0.3, 0.4) is 0 Å². The van der Waals surface area contributed by atoms with Gasteiger partial charge in [0.15, 0.2) is 0 Å². The summed E-state index contributed by atoms with van der Waals surface area (Å²) in [5, 5.41) is 3.70. The summed E-state index contributed by atoms with van der Waals surface area (Å²) in [6.45, 7) is 2.18. The third-order valence-electron chi connectivity index (χ3n) is 2.41. The van der Waals surface area contributed by atoms with Crippen molar-refractivity contribution in [3.8, 4) is 0 Å². The molecule has 2 nitrogen and oxygen atoms in total. The van der Waals surface area contributed by atoms with Crippen LogP contribution < -0.4 is 5.32 Å². The van der Waals surface area contributed by atoms with Gasteiger partial charge in [-0.2, -0.15) is 13.2 Å². The number of hydrogen-bond donors (Lipinski definition) is 1. The van der Waals surface area contributed by atoms with Crippen molar-refractivity contribution in [3.05, 3.63) is 44.3 Å². The van der Waals surface area contributed by atoms with E-state index in [2.05, 4.69) is 26.2 Å². The summed E-state index contributed by atoms with van der Waals surface area (Å²) in [4.78, 5) is 4.96. The number of aryl methyl sites for hydroxylation is 1. The van der Waals surface area contributed by atoms with Gasteiger partial charge in [-0.15, -0.1) is 11.3 Å². The SMILES string of the molecule is Cc1ncc(CNc2cc(Br)ccc2C(F)(F)F)s1. The maximum Gasteiger partial charge on any atom is 0.418 e. The number of hydrogen-bond acceptors (Lipinski definition) is 3. The molecule has 1 aromatic heterocycles. The van der Waals surface area contributed by atoms with Crippen LogP contribution in [0.15, 0.2) is 28.9 Å². The highest BCUT2D eigenvalue weighted by Gasteiger charge is 2.33. The summed E-state index contributed by atoms with van der Waals surface area (Å²) in [6, 6.07) is 3.87. The highest BCUT2D eigenvalue weighted by atomic mass is 79.9. The predicted octanol–water partition coefficient (Wildman–Crippen LogP) is 4.84. The van der Waals surface area contributed by atoms with Crippen molar-refractivity contribution >= 4 is 33.0 Å². The van der Waals surface area contributed by atoms with Crippen molar-refractivity contribution in [1.29, 1.82) is 0 Å². The first-order valence-corrected chi connectivity index (χ1v) is 6.99. The first-order chi connectivity index (χ1) is 8.86. The minimum absolute atomic E-state index is 0.0629. The zero-order valence-corrected chi connectivity index (χ0v) is 12.3. The van der Waals surface area contributed by atoms with Crippen LogP contribution in [0.2, 0.25) is 0 Å². The Balaban J connectivity index is 2.21. The zero-order chi connectivity index (χ0) is 14.0. The van der Waals surface area contributed by atoms with Crippen molar-refractivity contribution in [1.82, 2.24) is 4.98 Å². The average Bonchev–Trinajstić information content (AvgIpc) is 2.71. The number of nitrogens with zero attached hydrogens (tertiary/aromatic N) is 1. The van der Waals surface area contributed by atoms with E-state index in [-0.39, 0.29) is 5.69 Å². The van der Waals surface area contributed by atoms with Crippen molar-refractivity contribution in [2.24, 2.45) is 0 Å². The maximum absolute atomic E-state index is 12.8. The largest absolute Gasteiger partial charge is 0.418 e. The highest BCUT2D eigenvalue weighted by molar-refractivity contribution is 9.10. The lowest BCUT2D eigenvalue weighted by atomic mass is 10.1. The van der Waals surface area contributed by atoms with E-state index >= 15 is 0 Å². The Morgan fingerprint density at radius 3 is 2.68 bits per heavy atom. The molecule has 102 valence electrons. The molecule has 0 aliphatic rings. The number of thiazole rings is 1. The lowest BCUT2D eigenvalue weighted by molar-refractivity contribution is -0.137. The fraction of sp³-hybridized carbons (Fsp3) is 0.250. The molecule has 0 spiro atoms. The molecule has 0 aliphatic carbocycles. The van der Waals surface area contributed by atoms with Crippen LogP contribution >= 0.6 is 27.3 Å². The summed E-state index contributed by atoms with van der Waals surface area (Å²) in [7, 11) is 0. The van der Waals surface area contributed by atoms with Gasteiger partial charge in [-0.3, -0.25) is 0 Å². The number of aromatic nitrogens is 1. The molecule has 2 aromatic rings. The van der Waals surface area contributed by atoms with E-state index in [9.17, 15) is 13.2 Å². The van der Waals surface area contributed by atoms with E-state index < -0.39 is 11.7 Å². The zero-order valence-electron chi connectivity index (χ0n) is 9.88. The second-order valence-corrected chi connectivity index (χ2v) is 6.12. The Bertz CT molecular complexity index is 581. The maximum atomic E-state index is 12.8. The summed E-state index contributed by atoms with van der Waals surface area (Å²) in [6.07, 6.45) is -2.70. The molecule has 7 heteroatoms. The Morgan fingerprint density at radius 1 is 1.37 bits per heavy atom. The van der Waals surface area contributed by atoms with Crippen LogP contribution in [0, 0.1) is 6.92 Å². The number of benzene rings is 1. The molecule has 1 heterocycles. The molecule has 0 aliphatic heterocycles. The van der Waals surface area contributed by atoms with Gasteiger partial charge < -0.3 is 5.32 Å². The minimum atomic E-state index is -4.37. The van der Waals surface area contributed by atoms with Gasteiger partial charge in [-0.1, -0.05) is 15.9 Å². The predicted molar refractivity (Wildman–Crippen MR) is 73.3 cm³/mol. The van der Waals surface area contributed by atoms with Crippen LogP contribution in [-0.2, 0) is 12.7 Å². The third kappa shape index (κ3) is 3.70. The van der Waals surface area contributed by atoms with Gasteiger partial charge in [-0.05, 0) is 25.1 Å². The Labute approximate surface area is 120 Å². The molecule has 0 saturated heterocycles. The molecular formula is C12H10BrF3N2S. The lowest BCUT2D eigenvalue weighted by Gasteiger charge is -2.14. The van der Waals surface area contributed by atoms with Gasteiger partial charge >= 0.3 is 6.18 Å². The topological polar surface area (TPSA) is 24.9 Å². The number of nitrogens with one attached hydrogen (secondary N) is 1. The standard InChI is InChI=1S/C12H10BrF3N2S/c1-7-17-5-9(19-7)6-18-11-4-8(13)2-3-10(11)12(14,15)16/h2-5,18H,6H2,1H3. The van der Waals surface area contributed by atoms with E-state index in [0.717, 1.165) is 16.0 Å². The third-order valence-corrected chi connectivity index (χ3v) is 3.82. The van der Waals surface area contributed by atoms with Crippen molar-refractivity contribution < 1.29 is 13.2 Å². The number of halogens is 4. The normalized spacial score (nSPS) is 11.6. The van der Waals surface area contributed by atoms with E-state index in [1.807, 2.05) is 6.92 Å². The first-order valence-electron chi connectivity index (χ1n) is 5.38. The molecule has 0 saturated carbocycles. The first kappa shape index (κ1) is 14.3. The van der Waals surface area contributed by atoms with E-state index in [0.29, 0.717) is 11.0 Å². The minimum Gasteiger partial charge on any atom is -0.380 e.